The van der Waals surface area contributed by atoms with E-state index in [0.717, 1.165) is 37.0 Å². The molecule has 1 unspecified atom stereocenters. The minimum atomic E-state index is -0.470. The zero-order chi connectivity index (χ0) is 11.0. The van der Waals surface area contributed by atoms with Gasteiger partial charge in [-0.3, -0.25) is 0 Å². The van der Waals surface area contributed by atoms with Gasteiger partial charge in [0.2, 0.25) is 5.79 Å². The molecule has 1 N–H and O–H groups in total. The molecule has 3 nitrogen and oxygen atoms in total. The summed E-state index contributed by atoms with van der Waals surface area (Å²) in [5, 5.41) is 9.40. The first-order valence-electron chi connectivity index (χ1n) is 5.90. The first kappa shape index (κ1) is 10.1. The third-order valence-corrected chi connectivity index (χ3v) is 3.45. The Balaban J connectivity index is 1.98. The highest BCUT2D eigenvalue weighted by atomic mass is 16.7. The molecule has 1 atom stereocenters. The van der Waals surface area contributed by atoms with Crippen molar-refractivity contribution in [3.63, 3.8) is 0 Å². The van der Waals surface area contributed by atoms with E-state index in [1.165, 1.54) is 0 Å². The number of aliphatic hydroxyl groups is 1. The van der Waals surface area contributed by atoms with Crippen LogP contribution >= 0.6 is 0 Å². The van der Waals surface area contributed by atoms with Gasteiger partial charge in [0.15, 0.2) is 0 Å². The third-order valence-electron chi connectivity index (χ3n) is 3.45. The summed E-state index contributed by atoms with van der Waals surface area (Å²) in [5.41, 5.74) is 0.961. The van der Waals surface area contributed by atoms with E-state index in [0.29, 0.717) is 0 Å². The summed E-state index contributed by atoms with van der Waals surface area (Å²) in [6.45, 7) is 0.0160. The Kier molecular flexibility index (Phi) is 2.37. The van der Waals surface area contributed by atoms with Gasteiger partial charge in [0, 0.05) is 18.4 Å². The average Bonchev–Trinajstić information content (AvgIpc) is 2.76. The standard InChI is InChI=1S/C13H16O3/c14-9-12-10-5-1-2-6-11(10)15-13(16-12)7-3-4-8-13/h1-2,5-6,12,14H,3-4,7-9H2. The highest BCUT2D eigenvalue weighted by Crippen LogP contribution is 2.45. The molecular formula is C13H16O3. The van der Waals surface area contributed by atoms with Gasteiger partial charge < -0.3 is 14.6 Å². The number of aliphatic hydroxyl groups excluding tert-OH is 1. The van der Waals surface area contributed by atoms with E-state index in [4.69, 9.17) is 9.47 Å². The molecule has 0 aromatic heterocycles. The SMILES string of the molecule is OCC1OC2(CCCC2)Oc2ccccc21. The molecule has 86 valence electrons. The third kappa shape index (κ3) is 1.51. The van der Waals surface area contributed by atoms with Gasteiger partial charge in [-0.15, -0.1) is 0 Å². The van der Waals surface area contributed by atoms with Crippen molar-refractivity contribution in [2.24, 2.45) is 0 Å². The highest BCUT2D eigenvalue weighted by molar-refractivity contribution is 5.37. The van der Waals surface area contributed by atoms with Gasteiger partial charge in [-0.1, -0.05) is 18.2 Å². The Labute approximate surface area is 95.0 Å². The van der Waals surface area contributed by atoms with Crippen LogP contribution in [0.5, 0.6) is 5.75 Å². The molecule has 1 fully saturated rings. The van der Waals surface area contributed by atoms with E-state index in [9.17, 15) is 5.11 Å². The zero-order valence-electron chi connectivity index (χ0n) is 9.19. The van der Waals surface area contributed by atoms with Crippen LogP contribution in [0.4, 0.5) is 0 Å². The van der Waals surface area contributed by atoms with Gasteiger partial charge in [0.1, 0.15) is 11.9 Å². The summed E-state index contributed by atoms with van der Waals surface area (Å²) in [7, 11) is 0. The fourth-order valence-corrected chi connectivity index (χ4v) is 2.66. The van der Waals surface area contributed by atoms with Crippen LogP contribution in [0, 0.1) is 0 Å². The van der Waals surface area contributed by atoms with Crippen molar-refractivity contribution in [1.29, 1.82) is 0 Å². The summed E-state index contributed by atoms with van der Waals surface area (Å²) < 4.78 is 11.9. The van der Waals surface area contributed by atoms with Gasteiger partial charge in [-0.05, 0) is 18.9 Å². The van der Waals surface area contributed by atoms with E-state index in [1.54, 1.807) is 0 Å². The Morgan fingerprint density at radius 1 is 1.25 bits per heavy atom. The van der Waals surface area contributed by atoms with Crippen LogP contribution in [-0.4, -0.2) is 17.5 Å². The topological polar surface area (TPSA) is 38.7 Å². The van der Waals surface area contributed by atoms with Crippen LogP contribution in [0.1, 0.15) is 37.4 Å². The Morgan fingerprint density at radius 3 is 2.75 bits per heavy atom. The molecule has 1 aliphatic heterocycles. The average molecular weight is 220 g/mol. The lowest BCUT2D eigenvalue weighted by Crippen LogP contribution is -2.41. The monoisotopic (exact) mass is 220 g/mol. The zero-order valence-corrected chi connectivity index (χ0v) is 9.19. The molecule has 1 aliphatic carbocycles. The van der Waals surface area contributed by atoms with E-state index in [1.807, 2.05) is 24.3 Å². The molecule has 0 amide bonds. The maximum absolute atomic E-state index is 9.40. The van der Waals surface area contributed by atoms with Gasteiger partial charge in [0.25, 0.3) is 0 Å². The van der Waals surface area contributed by atoms with E-state index in [-0.39, 0.29) is 12.7 Å². The lowest BCUT2D eigenvalue weighted by atomic mass is 10.1. The Bertz CT molecular complexity index is 383. The maximum Gasteiger partial charge on any atom is 0.211 e. The minimum Gasteiger partial charge on any atom is -0.462 e. The Hall–Kier alpha value is -1.06. The summed E-state index contributed by atoms with van der Waals surface area (Å²) >= 11 is 0. The first-order valence-corrected chi connectivity index (χ1v) is 5.90. The maximum atomic E-state index is 9.40. The normalized spacial score (nSPS) is 26.4. The summed E-state index contributed by atoms with van der Waals surface area (Å²) in [5.74, 6) is 0.400. The molecule has 0 saturated heterocycles. The van der Waals surface area contributed by atoms with Gasteiger partial charge in [-0.25, -0.2) is 0 Å². The second-order valence-electron chi connectivity index (χ2n) is 4.55. The van der Waals surface area contributed by atoms with Crippen LogP contribution in [0.25, 0.3) is 0 Å². The molecule has 2 aliphatic rings. The molecular weight excluding hydrogens is 204 g/mol. The largest absolute Gasteiger partial charge is 0.462 e. The lowest BCUT2D eigenvalue weighted by Gasteiger charge is -2.39. The van der Waals surface area contributed by atoms with Gasteiger partial charge in [-0.2, -0.15) is 0 Å². The molecule has 1 spiro atoms. The lowest BCUT2D eigenvalue weighted by molar-refractivity contribution is -0.232. The van der Waals surface area contributed by atoms with E-state index < -0.39 is 5.79 Å². The molecule has 0 radical (unpaired) electrons. The molecule has 0 bridgehead atoms. The molecule has 1 aromatic rings. The Morgan fingerprint density at radius 2 is 2.00 bits per heavy atom. The molecule has 16 heavy (non-hydrogen) atoms. The van der Waals surface area contributed by atoms with Crippen LogP contribution in [0.3, 0.4) is 0 Å². The molecule has 1 aromatic carbocycles. The van der Waals surface area contributed by atoms with Crippen molar-refractivity contribution >= 4 is 0 Å². The number of rotatable bonds is 1. The quantitative estimate of drug-likeness (QED) is 0.789. The second kappa shape index (κ2) is 3.75. The van der Waals surface area contributed by atoms with Crippen molar-refractivity contribution < 1.29 is 14.6 Å². The highest BCUT2D eigenvalue weighted by Gasteiger charge is 2.43. The van der Waals surface area contributed by atoms with Crippen molar-refractivity contribution in [2.45, 2.75) is 37.6 Å². The van der Waals surface area contributed by atoms with Crippen LogP contribution in [0.2, 0.25) is 0 Å². The van der Waals surface area contributed by atoms with Crippen molar-refractivity contribution in [1.82, 2.24) is 0 Å². The number of benzene rings is 1. The summed E-state index contributed by atoms with van der Waals surface area (Å²) in [4.78, 5) is 0. The van der Waals surface area contributed by atoms with Crippen molar-refractivity contribution in [3.05, 3.63) is 29.8 Å². The molecule has 3 rings (SSSR count). The predicted octanol–water partition coefficient (Wildman–Crippen LogP) is 2.40. The number of hydrogen-bond acceptors (Lipinski definition) is 3. The summed E-state index contributed by atoms with van der Waals surface area (Å²) in [6.07, 6.45) is 3.90. The molecule has 3 heteroatoms. The van der Waals surface area contributed by atoms with Gasteiger partial charge in [0.05, 0.1) is 6.61 Å². The van der Waals surface area contributed by atoms with E-state index >= 15 is 0 Å². The smallest absolute Gasteiger partial charge is 0.211 e. The second-order valence-corrected chi connectivity index (χ2v) is 4.55. The fourth-order valence-electron chi connectivity index (χ4n) is 2.66. The van der Waals surface area contributed by atoms with Crippen LogP contribution < -0.4 is 4.74 Å². The number of hydrogen-bond donors (Lipinski definition) is 1. The summed E-state index contributed by atoms with van der Waals surface area (Å²) in [6, 6.07) is 7.82. The molecule has 1 heterocycles. The first-order chi connectivity index (χ1) is 7.83. The fraction of sp³-hybridized carbons (Fsp3) is 0.538. The van der Waals surface area contributed by atoms with Crippen molar-refractivity contribution in [2.75, 3.05) is 6.61 Å². The predicted molar refractivity (Wildman–Crippen MR) is 59.2 cm³/mol. The van der Waals surface area contributed by atoms with Crippen molar-refractivity contribution in [3.8, 4) is 5.75 Å². The van der Waals surface area contributed by atoms with Crippen LogP contribution in [0.15, 0.2) is 24.3 Å². The molecule has 1 saturated carbocycles. The number of para-hydroxylation sites is 1. The minimum absolute atomic E-state index is 0.0160. The van der Waals surface area contributed by atoms with Gasteiger partial charge >= 0.3 is 0 Å². The van der Waals surface area contributed by atoms with Crippen LogP contribution in [-0.2, 0) is 4.74 Å². The number of ether oxygens (including phenoxy) is 2. The number of fused-ring (bicyclic) bond motifs is 1. The van der Waals surface area contributed by atoms with E-state index in [2.05, 4.69) is 0 Å².